The molecule has 0 saturated heterocycles. The molecule has 0 fully saturated rings. The van der Waals surface area contributed by atoms with Crippen LogP contribution >= 0.6 is 11.6 Å². The average molecular weight is 396 g/mol. The maximum atomic E-state index is 12.7. The molecule has 2 aromatic heterocycles. The number of hydrogen-bond donors (Lipinski definition) is 0. The summed E-state index contributed by atoms with van der Waals surface area (Å²) in [5.41, 5.74) is 1.44. The van der Waals surface area contributed by atoms with Crippen molar-refractivity contribution in [2.45, 2.75) is 4.90 Å². The van der Waals surface area contributed by atoms with Crippen molar-refractivity contribution in [3.63, 3.8) is 0 Å². The van der Waals surface area contributed by atoms with Crippen LogP contribution in [0.2, 0.25) is 5.15 Å². The lowest BCUT2D eigenvalue weighted by Crippen LogP contribution is -2.04. The van der Waals surface area contributed by atoms with Gasteiger partial charge in [-0.15, -0.1) is 0 Å². The van der Waals surface area contributed by atoms with E-state index in [4.69, 9.17) is 11.6 Å². The molecule has 0 N–H and O–H groups in total. The number of pyridine rings is 2. The highest BCUT2D eigenvalue weighted by atomic mass is 35.5. The Morgan fingerprint density at radius 1 is 1.04 bits per heavy atom. The summed E-state index contributed by atoms with van der Waals surface area (Å²) >= 11 is 5.74. The van der Waals surface area contributed by atoms with Gasteiger partial charge in [0.05, 0.1) is 15.3 Å². The van der Waals surface area contributed by atoms with Gasteiger partial charge in [-0.1, -0.05) is 41.6 Å². The van der Waals surface area contributed by atoms with Gasteiger partial charge in [-0.3, -0.25) is 9.78 Å². The minimum Gasteiger partial charge on any atom is -0.266 e. The third-order valence-corrected chi connectivity index (χ3v) is 5.39. The second-order valence-corrected chi connectivity index (χ2v) is 8.24. The van der Waals surface area contributed by atoms with Crippen LogP contribution in [-0.4, -0.2) is 26.3 Å². The predicted octanol–water partition coefficient (Wildman–Crippen LogP) is 3.83. The number of hydrogen-bond acceptors (Lipinski definition) is 4. The van der Waals surface area contributed by atoms with Crippen LogP contribution in [0.25, 0.3) is 0 Å². The van der Waals surface area contributed by atoms with Crippen LogP contribution in [0.4, 0.5) is 0 Å². The van der Waals surface area contributed by atoms with Crippen molar-refractivity contribution in [3.05, 3.63) is 89.0 Å². The van der Waals surface area contributed by atoms with E-state index in [1.165, 1.54) is 18.6 Å². The number of carbonyl (C=O) groups is 1. The van der Waals surface area contributed by atoms with Crippen LogP contribution in [0.1, 0.15) is 21.5 Å². The van der Waals surface area contributed by atoms with Crippen molar-refractivity contribution in [2.24, 2.45) is 4.36 Å². The first kappa shape index (κ1) is 18.8. The molecule has 3 aromatic rings. The molecule has 7 heteroatoms. The molecule has 0 aliphatic heterocycles. The number of benzene rings is 1. The molecule has 0 bridgehead atoms. The predicted molar refractivity (Wildman–Crippen MR) is 105 cm³/mol. The Kier molecular flexibility index (Phi) is 5.65. The largest absolute Gasteiger partial charge is 0.286 e. The molecule has 0 aliphatic carbocycles. The molecule has 0 spiro atoms. The van der Waals surface area contributed by atoms with E-state index in [0.29, 0.717) is 21.2 Å². The maximum absolute atomic E-state index is 12.7. The molecule has 3 rings (SSSR count). The Morgan fingerprint density at radius 2 is 1.78 bits per heavy atom. The first-order valence-corrected chi connectivity index (χ1v) is 10.1. The Hall–Kier alpha value is -3.01. The van der Waals surface area contributed by atoms with E-state index < -0.39 is 15.6 Å². The van der Waals surface area contributed by atoms with Gasteiger partial charge >= 0.3 is 0 Å². The van der Waals surface area contributed by atoms with E-state index in [1.807, 2.05) is 6.07 Å². The molecular weight excluding hydrogens is 382 g/mol. The summed E-state index contributed by atoms with van der Waals surface area (Å²) in [5, 5.41) is 0.387. The lowest BCUT2D eigenvalue weighted by atomic mass is 10.2. The van der Waals surface area contributed by atoms with E-state index in [2.05, 4.69) is 26.2 Å². The fraction of sp³-hybridized carbons (Fsp3) is 0.0500. The van der Waals surface area contributed by atoms with Gasteiger partial charge in [-0.2, -0.15) is 4.36 Å². The lowest BCUT2D eigenvalue weighted by molar-refractivity contribution is 0.100. The van der Waals surface area contributed by atoms with Crippen LogP contribution in [0.15, 0.2) is 76.4 Å². The van der Waals surface area contributed by atoms with Crippen LogP contribution in [0.5, 0.6) is 0 Å². The second kappa shape index (κ2) is 8.12. The summed E-state index contributed by atoms with van der Waals surface area (Å²) in [6.45, 7) is 0. The first-order chi connectivity index (χ1) is 12.9. The summed E-state index contributed by atoms with van der Waals surface area (Å²) < 4.78 is 16.6. The Morgan fingerprint density at radius 3 is 2.48 bits per heavy atom. The van der Waals surface area contributed by atoms with Crippen LogP contribution in [0, 0.1) is 11.8 Å². The van der Waals surface area contributed by atoms with E-state index in [-0.39, 0.29) is 5.56 Å². The van der Waals surface area contributed by atoms with E-state index in [0.717, 1.165) is 0 Å². The van der Waals surface area contributed by atoms with Gasteiger partial charge in [0.25, 0.3) is 5.91 Å². The van der Waals surface area contributed by atoms with Gasteiger partial charge in [0.2, 0.25) is 0 Å². The first-order valence-electron chi connectivity index (χ1n) is 7.84. The molecule has 1 aromatic carbocycles. The normalized spacial score (nSPS) is 12.4. The van der Waals surface area contributed by atoms with Crippen LogP contribution < -0.4 is 0 Å². The summed E-state index contributed by atoms with van der Waals surface area (Å²) in [5.74, 6) is 5.23. The molecule has 1 unspecified atom stereocenters. The zero-order chi connectivity index (χ0) is 19.3. The van der Waals surface area contributed by atoms with Crippen LogP contribution in [0.3, 0.4) is 0 Å². The van der Waals surface area contributed by atoms with Gasteiger partial charge in [0, 0.05) is 40.9 Å². The minimum atomic E-state index is -2.84. The molecule has 0 saturated carbocycles. The SMILES string of the molecule is CS(=O)(=NC(=O)c1cncc(C#Cc2ccc(Cl)nc2)c1)c1ccccc1. The number of halogens is 1. The fourth-order valence-electron chi connectivity index (χ4n) is 2.16. The van der Waals surface area contributed by atoms with E-state index >= 15 is 0 Å². The number of carbonyl (C=O) groups excluding carboxylic acids is 1. The van der Waals surface area contributed by atoms with Crippen molar-refractivity contribution in [3.8, 4) is 11.8 Å². The molecule has 0 radical (unpaired) electrons. The van der Waals surface area contributed by atoms with Crippen molar-refractivity contribution in [2.75, 3.05) is 6.26 Å². The van der Waals surface area contributed by atoms with E-state index in [9.17, 15) is 9.00 Å². The van der Waals surface area contributed by atoms with Crippen molar-refractivity contribution in [1.82, 2.24) is 9.97 Å². The third kappa shape index (κ3) is 5.00. The van der Waals surface area contributed by atoms with Gasteiger partial charge in [-0.25, -0.2) is 9.19 Å². The van der Waals surface area contributed by atoms with Crippen LogP contribution in [-0.2, 0) is 9.73 Å². The zero-order valence-corrected chi connectivity index (χ0v) is 15.9. The number of nitrogens with zero attached hydrogens (tertiary/aromatic N) is 3. The summed E-state index contributed by atoms with van der Waals surface area (Å²) in [6, 6.07) is 13.6. The highest BCUT2D eigenvalue weighted by molar-refractivity contribution is 7.93. The van der Waals surface area contributed by atoms with Crippen molar-refractivity contribution in [1.29, 1.82) is 0 Å². The number of aromatic nitrogens is 2. The molecule has 5 nitrogen and oxygen atoms in total. The Bertz CT molecular complexity index is 1160. The zero-order valence-electron chi connectivity index (χ0n) is 14.3. The molecule has 1 amide bonds. The maximum Gasteiger partial charge on any atom is 0.286 e. The standard InChI is InChI=1S/C20H14ClN3O2S/c1-27(26,18-5-3-2-4-6-18)24-20(25)17-11-16(12-22-14-17)8-7-15-9-10-19(21)23-13-15/h2-6,9-14H,1H3. The van der Waals surface area contributed by atoms with Gasteiger partial charge in [0.15, 0.2) is 0 Å². The number of rotatable bonds is 2. The highest BCUT2D eigenvalue weighted by Gasteiger charge is 2.11. The second-order valence-electron chi connectivity index (χ2n) is 5.59. The molecule has 2 heterocycles. The van der Waals surface area contributed by atoms with Gasteiger partial charge in [0.1, 0.15) is 5.15 Å². The molecule has 27 heavy (non-hydrogen) atoms. The highest BCUT2D eigenvalue weighted by Crippen LogP contribution is 2.13. The van der Waals surface area contributed by atoms with Gasteiger partial charge < -0.3 is 0 Å². The number of amides is 1. The summed E-state index contributed by atoms with van der Waals surface area (Å²) in [7, 11) is -2.84. The molecule has 1 atom stereocenters. The lowest BCUT2D eigenvalue weighted by Gasteiger charge is -2.03. The fourth-order valence-corrected chi connectivity index (χ4v) is 3.46. The van der Waals surface area contributed by atoms with Crippen molar-refractivity contribution >= 4 is 27.2 Å². The minimum absolute atomic E-state index is 0.224. The average Bonchev–Trinajstić information content (AvgIpc) is 2.68. The topological polar surface area (TPSA) is 72.3 Å². The molecule has 134 valence electrons. The van der Waals surface area contributed by atoms with Crippen molar-refractivity contribution < 1.29 is 9.00 Å². The third-order valence-electron chi connectivity index (χ3n) is 3.50. The van der Waals surface area contributed by atoms with E-state index in [1.54, 1.807) is 48.7 Å². The summed E-state index contributed by atoms with van der Waals surface area (Å²) in [6.07, 6.45) is 5.90. The molecular formula is C20H14ClN3O2S. The quantitative estimate of drug-likeness (QED) is 0.488. The Balaban J connectivity index is 1.87. The smallest absolute Gasteiger partial charge is 0.266 e. The summed E-state index contributed by atoms with van der Waals surface area (Å²) in [4.78, 5) is 20.9. The van der Waals surface area contributed by atoms with Gasteiger partial charge in [-0.05, 0) is 30.3 Å². The monoisotopic (exact) mass is 395 g/mol. The Labute approximate surface area is 162 Å². The molecule has 0 aliphatic rings.